The first-order valence-electron chi connectivity index (χ1n) is 16.6. The lowest BCUT2D eigenvalue weighted by molar-refractivity contribution is 0.660. The van der Waals surface area contributed by atoms with Gasteiger partial charge in [-0.1, -0.05) is 147 Å². The van der Waals surface area contributed by atoms with E-state index >= 15 is 0 Å². The average molecular weight is 626 g/mol. The summed E-state index contributed by atoms with van der Waals surface area (Å²) >= 11 is 0. The third-order valence-corrected chi connectivity index (χ3v) is 10.1. The molecule has 3 heteroatoms. The summed E-state index contributed by atoms with van der Waals surface area (Å²) in [7, 11) is 0. The summed E-state index contributed by atoms with van der Waals surface area (Å²) in [5.41, 5.74) is 12.7. The number of hydrogen-bond acceptors (Lipinski definition) is 3. The van der Waals surface area contributed by atoms with Crippen LogP contribution in [-0.4, -0.2) is 9.97 Å². The zero-order valence-electron chi connectivity index (χ0n) is 27.3. The van der Waals surface area contributed by atoms with Gasteiger partial charge in [-0.05, 0) is 73.1 Å². The van der Waals surface area contributed by atoms with Gasteiger partial charge >= 0.3 is 0 Å². The lowest BCUT2D eigenvalue weighted by atomic mass is 9.81. The molecular formula is C46H31N3. The summed E-state index contributed by atoms with van der Waals surface area (Å²) in [6.07, 6.45) is 0. The maximum Gasteiger partial charge on any atom is 0.161 e. The molecule has 49 heavy (non-hydrogen) atoms. The summed E-state index contributed by atoms with van der Waals surface area (Å²) in [6.45, 7) is 4.50. The van der Waals surface area contributed by atoms with Crippen LogP contribution in [0.5, 0.6) is 0 Å². The van der Waals surface area contributed by atoms with Crippen LogP contribution in [0.1, 0.15) is 30.5 Å². The van der Waals surface area contributed by atoms with Crippen molar-refractivity contribution >= 4 is 21.5 Å². The van der Waals surface area contributed by atoms with Gasteiger partial charge in [0.25, 0.3) is 0 Å². The maximum atomic E-state index is 9.61. The molecular weight excluding hydrogens is 595 g/mol. The minimum atomic E-state index is -0.190. The van der Waals surface area contributed by atoms with Crippen molar-refractivity contribution < 1.29 is 0 Å². The Kier molecular flexibility index (Phi) is 6.54. The molecule has 230 valence electrons. The zero-order valence-corrected chi connectivity index (χ0v) is 27.3. The molecule has 0 amide bonds. The van der Waals surface area contributed by atoms with Crippen molar-refractivity contribution in [2.24, 2.45) is 0 Å². The molecule has 1 aromatic heterocycles. The van der Waals surface area contributed by atoms with Crippen LogP contribution < -0.4 is 0 Å². The first-order chi connectivity index (χ1) is 24.0. The molecule has 0 radical (unpaired) electrons. The van der Waals surface area contributed by atoms with Crippen molar-refractivity contribution in [3.63, 3.8) is 0 Å². The topological polar surface area (TPSA) is 49.6 Å². The second-order valence-corrected chi connectivity index (χ2v) is 13.3. The van der Waals surface area contributed by atoms with Gasteiger partial charge in [-0.15, -0.1) is 0 Å². The molecule has 0 saturated carbocycles. The number of aromatic nitrogens is 2. The van der Waals surface area contributed by atoms with Crippen LogP contribution in [0.3, 0.4) is 0 Å². The standard InChI is InChI=1S/C46H31N3/c1-46(2)40-19-9-16-36(44(40)39-25-20-29(28-47)26-41(39)46)32-21-23-33(24-22-32)42-27-43(37-17-7-12-30-10-3-5-14-34(30)37)49-45(48-42)38-18-8-13-31-11-4-6-15-35(31)38/h3-27H,1-2H3. The van der Waals surface area contributed by atoms with Crippen LogP contribution in [0.15, 0.2) is 152 Å². The monoisotopic (exact) mass is 625 g/mol. The van der Waals surface area contributed by atoms with E-state index in [0.29, 0.717) is 11.4 Å². The molecule has 0 aliphatic heterocycles. The first-order valence-corrected chi connectivity index (χ1v) is 16.6. The molecule has 0 saturated heterocycles. The van der Waals surface area contributed by atoms with E-state index in [4.69, 9.17) is 9.97 Å². The predicted molar refractivity (Wildman–Crippen MR) is 201 cm³/mol. The van der Waals surface area contributed by atoms with E-state index in [1.807, 2.05) is 6.07 Å². The number of hydrogen-bond donors (Lipinski definition) is 0. The second kappa shape index (κ2) is 11.1. The highest BCUT2D eigenvalue weighted by molar-refractivity contribution is 5.99. The largest absolute Gasteiger partial charge is 0.228 e. The van der Waals surface area contributed by atoms with Crippen molar-refractivity contribution in [1.82, 2.24) is 9.97 Å². The van der Waals surface area contributed by atoms with Gasteiger partial charge < -0.3 is 0 Å². The highest BCUT2D eigenvalue weighted by Crippen LogP contribution is 2.52. The fraction of sp³-hybridized carbons (Fsp3) is 0.0652. The van der Waals surface area contributed by atoms with Crippen LogP contribution in [0.2, 0.25) is 0 Å². The minimum absolute atomic E-state index is 0.190. The van der Waals surface area contributed by atoms with Crippen molar-refractivity contribution in [3.8, 4) is 62.2 Å². The Balaban J connectivity index is 1.20. The third kappa shape index (κ3) is 4.65. The van der Waals surface area contributed by atoms with Crippen LogP contribution in [-0.2, 0) is 5.41 Å². The van der Waals surface area contributed by atoms with Crippen molar-refractivity contribution in [3.05, 3.63) is 168 Å². The molecule has 8 aromatic rings. The smallest absolute Gasteiger partial charge is 0.161 e. The molecule has 0 spiro atoms. The Bertz CT molecular complexity index is 2530. The number of benzene rings is 7. The van der Waals surface area contributed by atoms with Gasteiger partial charge in [-0.25, -0.2) is 9.97 Å². The molecule has 0 fully saturated rings. The molecule has 0 unspecified atom stereocenters. The first kappa shape index (κ1) is 28.8. The van der Waals surface area contributed by atoms with Crippen LogP contribution in [0.25, 0.3) is 77.7 Å². The average Bonchev–Trinajstić information content (AvgIpc) is 3.39. The summed E-state index contributed by atoms with van der Waals surface area (Å²) < 4.78 is 0. The van der Waals surface area contributed by atoms with E-state index in [1.54, 1.807) is 0 Å². The molecule has 1 aliphatic carbocycles. The predicted octanol–water partition coefficient (Wildman–Crippen LogP) is 11.6. The van der Waals surface area contributed by atoms with Gasteiger partial charge in [0.2, 0.25) is 0 Å². The van der Waals surface area contributed by atoms with E-state index in [9.17, 15) is 5.26 Å². The third-order valence-electron chi connectivity index (χ3n) is 10.1. The summed E-state index contributed by atoms with van der Waals surface area (Å²) in [6, 6.07) is 55.5. The number of nitriles is 1. The molecule has 0 bridgehead atoms. The van der Waals surface area contributed by atoms with Gasteiger partial charge in [-0.3, -0.25) is 0 Å². The number of fused-ring (bicyclic) bond motifs is 5. The van der Waals surface area contributed by atoms with E-state index in [2.05, 4.69) is 166 Å². The van der Waals surface area contributed by atoms with E-state index in [1.165, 1.54) is 33.2 Å². The highest BCUT2D eigenvalue weighted by atomic mass is 14.9. The molecule has 9 rings (SSSR count). The van der Waals surface area contributed by atoms with E-state index in [0.717, 1.165) is 49.8 Å². The minimum Gasteiger partial charge on any atom is -0.228 e. The Labute approximate surface area is 285 Å². The summed E-state index contributed by atoms with van der Waals surface area (Å²) in [4.78, 5) is 10.4. The van der Waals surface area contributed by atoms with Gasteiger partial charge in [0.1, 0.15) is 0 Å². The Morgan fingerprint density at radius 2 is 1.08 bits per heavy atom. The fourth-order valence-electron chi connectivity index (χ4n) is 7.64. The van der Waals surface area contributed by atoms with Crippen molar-refractivity contribution in [2.75, 3.05) is 0 Å². The molecule has 3 nitrogen and oxygen atoms in total. The Morgan fingerprint density at radius 3 is 1.82 bits per heavy atom. The molecule has 1 heterocycles. The fourth-order valence-corrected chi connectivity index (χ4v) is 7.64. The lowest BCUT2D eigenvalue weighted by Crippen LogP contribution is -2.15. The van der Waals surface area contributed by atoms with E-state index < -0.39 is 0 Å². The quantitative estimate of drug-likeness (QED) is 0.195. The van der Waals surface area contributed by atoms with Gasteiger partial charge in [0, 0.05) is 22.1 Å². The summed E-state index contributed by atoms with van der Waals surface area (Å²) in [5, 5.41) is 14.2. The van der Waals surface area contributed by atoms with Gasteiger partial charge in [-0.2, -0.15) is 5.26 Å². The highest BCUT2D eigenvalue weighted by Gasteiger charge is 2.37. The Hall–Kier alpha value is -6.37. The molecule has 7 aromatic carbocycles. The lowest BCUT2D eigenvalue weighted by Gasteiger charge is -2.21. The van der Waals surface area contributed by atoms with Crippen molar-refractivity contribution in [1.29, 1.82) is 5.26 Å². The number of rotatable bonds is 4. The van der Waals surface area contributed by atoms with Gasteiger partial charge in [0.15, 0.2) is 5.82 Å². The summed E-state index contributed by atoms with van der Waals surface area (Å²) in [5.74, 6) is 0.706. The zero-order chi connectivity index (χ0) is 33.1. The molecule has 0 N–H and O–H groups in total. The molecule has 1 aliphatic rings. The van der Waals surface area contributed by atoms with Crippen LogP contribution in [0, 0.1) is 11.3 Å². The van der Waals surface area contributed by atoms with Gasteiger partial charge in [0.05, 0.1) is 23.0 Å². The number of nitrogens with zero attached hydrogens (tertiary/aromatic N) is 3. The van der Waals surface area contributed by atoms with Crippen molar-refractivity contribution in [2.45, 2.75) is 19.3 Å². The van der Waals surface area contributed by atoms with Crippen LogP contribution >= 0.6 is 0 Å². The van der Waals surface area contributed by atoms with E-state index in [-0.39, 0.29) is 5.41 Å². The van der Waals surface area contributed by atoms with Crippen LogP contribution in [0.4, 0.5) is 0 Å². The maximum absolute atomic E-state index is 9.61. The normalized spacial score (nSPS) is 12.8. The SMILES string of the molecule is CC1(C)c2cc(C#N)ccc2-c2c(-c3ccc(-c4cc(-c5cccc6ccccc56)nc(-c5cccc6ccccc56)n4)cc3)cccc21. The molecule has 0 atom stereocenters. The Morgan fingerprint density at radius 1 is 0.490 bits per heavy atom. The second-order valence-electron chi connectivity index (χ2n) is 13.3.